The van der Waals surface area contributed by atoms with Crippen molar-refractivity contribution in [3.8, 4) is 0 Å². The van der Waals surface area contributed by atoms with Crippen LogP contribution in [0.15, 0.2) is 69.3 Å². The number of likely N-dealkylation sites (tertiary alicyclic amines) is 1. The summed E-state index contributed by atoms with van der Waals surface area (Å²) in [4.78, 5) is 16.6. The molecule has 1 heterocycles. The van der Waals surface area contributed by atoms with Crippen molar-refractivity contribution in [1.29, 1.82) is 0 Å². The summed E-state index contributed by atoms with van der Waals surface area (Å²) in [5.74, 6) is -0.856. The second-order valence-electron chi connectivity index (χ2n) is 6.76. The maximum absolute atomic E-state index is 13.4. The third-order valence-corrected chi connectivity index (χ3v) is 8.78. The Morgan fingerprint density at radius 3 is 2.14 bits per heavy atom. The first-order valence-electron chi connectivity index (χ1n) is 9.17. The van der Waals surface area contributed by atoms with Crippen LogP contribution < -0.4 is 5.48 Å². The Kier molecular flexibility index (Phi) is 8.13. The van der Waals surface area contributed by atoms with E-state index in [9.17, 15) is 18.4 Å². The van der Waals surface area contributed by atoms with Gasteiger partial charge in [-0.1, -0.05) is 36.9 Å². The second-order valence-corrected chi connectivity index (χ2v) is 10.2. The molecule has 3 rings (SSSR count). The summed E-state index contributed by atoms with van der Waals surface area (Å²) in [5, 5.41) is 9.21. The standard InChI is InChI=1S/C20H24N2O4S2.ClH/c1-2-22-14-12-20(13-15-22,19(23)21-24)28(25,26)18-10-8-17(9-11-18)27-16-6-4-3-5-7-16;/h3-11,24H,2,12-15H2,1H3,(H,21,23);1H. The first kappa shape index (κ1) is 23.7. The van der Waals surface area contributed by atoms with Gasteiger partial charge in [0.15, 0.2) is 14.6 Å². The molecular weight excluding hydrogens is 432 g/mol. The molecule has 1 saturated heterocycles. The number of hydrogen-bond donors (Lipinski definition) is 2. The highest BCUT2D eigenvalue weighted by Crippen LogP contribution is 2.37. The normalized spacial score (nSPS) is 16.6. The van der Waals surface area contributed by atoms with Gasteiger partial charge in [-0.15, -0.1) is 12.4 Å². The number of rotatable bonds is 6. The summed E-state index contributed by atoms with van der Waals surface area (Å²) in [6.07, 6.45) is 0.298. The van der Waals surface area contributed by atoms with Gasteiger partial charge in [0.2, 0.25) is 0 Å². The zero-order chi connectivity index (χ0) is 20.2. The van der Waals surface area contributed by atoms with Crippen molar-refractivity contribution in [2.45, 2.75) is 39.2 Å². The number of halogens is 1. The Bertz CT molecular complexity index is 913. The lowest BCUT2D eigenvalue weighted by Gasteiger charge is -2.39. The monoisotopic (exact) mass is 456 g/mol. The summed E-state index contributed by atoms with van der Waals surface area (Å²) < 4.78 is 25.1. The minimum Gasteiger partial charge on any atom is -0.303 e. The van der Waals surface area contributed by atoms with E-state index in [1.54, 1.807) is 29.7 Å². The van der Waals surface area contributed by atoms with E-state index in [2.05, 4.69) is 4.90 Å². The van der Waals surface area contributed by atoms with E-state index in [-0.39, 0.29) is 30.1 Å². The predicted octanol–water partition coefficient (Wildman–Crippen LogP) is 3.39. The molecule has 0 unspecified atom stereocenters. The molecule has 158 valence electrons. The Labute approximate surface area is 182 Å². The summed E-state index contributed by atoms with van der Waals surface area (Å²) in [7, 11) is -3.96. The third-order valence-electron chi connectivity index (χ3n) is 5.25. The zero-order valence-corrected chi connectivity index (χ0v) is 18.5. The number of sulfone groups is 1. The van der Waals surface area contributed by atoms with Crippen LogP contribution in [0.5, 0.6) is 0 Å². The maximum atomic E-state index is 13.4. The number of piperidine rings is 1. The zero-order valence-electron chi connectivity index (χ0n) is 16.1. The average molecular weight is 457 g/mol. The molecular formula is C20H25ClN2O4S2. The highest BCUT2D eigenvalue weighted by atomic mass is 35.5. The second kappa shape index (κ2) is 9.95. The molecule has 2 aromatic carbocycles. The summed E-state index contributed by atoms with van der Waals surface area (Å²) in [6.45, 7) is 3.77. The summed E-state index contributed by atoms with van der Waals surface area (Å²) in [6, 6.07) is 16.4. The molecule has 1 aliphatic heterocycles. The van der Waals surface area contributed by atoms with Gasteiger partial charge < -0.3 is 4.90 Å². The SMILES string of the molecule is CCN1CCC(C(=O)NO)(S(=O)(=O)c2ccc(Sc3ccccc3)cc2)CC1.Cl. The van der Waals surface area contributed by atoms with Crippen molar-refractivity contribution in [1.82, 2.24) is 10.4 Å². The Morgan fingerprint density at radius 2 is 1.62 bits per heavy atom. The van der Waals surface area contributed by atoms with Crippen LogP contribution in [0.25, 0.3) is 0 Å². The molecule has 6 nitrogen and oxygen atoms in total. The van der Waals surface area contributed by atoms with Crippen molar-refractivity contribution < 1.29 is 18.4 Å². The number of benzene rings is 2. The molecule has 0 saturated carbocycles. The van der Waals surface area contributed by atoms with Crippen LogP contribution in [0.3, 0.4) is 0 Å². The Hall–Kier alpha value is -1.58. The van der Waals surface area contributed by atoms with Gasteiger partial charge in [-0.2, -0.15) is 0 Å². The smallest absolute Gasteiger partial charge is 0.265 e. The van der Waals surface area contributed by atoms with Crippen LogP contribution >= 0.6 is 24.2 Å². The molecule has 0 spiro atoms. The van der Waals surface area contributed by atoms with Gasteiger partial charge in [0, 0.05) is 22.9 Å². The lowest BCUT2D eigenvalue weighted by molar-refractivity contribution is -0.133. The van der Waals surface area contributed by atoms with Crippen molar-refractivity contribution in [3.63, 3.8) is 0 Å². The van der Waals surface area contributed by atoms with Crippen molar-refractivity contribution in [2.75, 3.05) is 19.6 Å². The average Bonchev–Trinajstić information content (AvgIpc) is 2.74. The summed E-state index contributed by atoms with van der Waals surface area (Å²) >= 11 is 1.53. The molecule has 0 atom stereocenters. The fraction of sp³-hybridized carbons (Fsp3) is 0.350. The van der Waals surface area contributed by atoms with E-state index < -0.39 is 20.5 Å². The molecule has 2 N–H and O–H groups in total. The highest BCUT2D eigenvalue weighted by Gasteiger charge is 2.52. The van der Waals surface area contributed by atoms with Crippen LogP contribution in [0, 0.1) is 0 Å². The summed E-state index contributed by atoms with van der Waals surface area (Å²) in [5.41, 5.74) is 1.59. The van der Waals surface area contributed by atoms with E-state index in [1.165, 1.54) is 11.8 Å². The van der Waals surface area contributed by atoms with E-state index in [0.717, 1.165) is 16.3 Å². The number of hydrogen-bond acceptors (Lipinski definition) is 6. The molecule has 0 aromatic heterocycles. The molecule has 1 amide bonds. The lowest BCUT2D eigenvalue weighted by Crippen LogP contribution is -2.57. The Balaban J connectivity index is 0.00000300. The first-order chi connectivity index (χ1) is 13.4. The van der Waals surface area contributed by atoms with Crippen LogP contribution in [0.1, 0.15) is 19.8 Å². The van der Waals surface area contributed by atoms with Crippen molar-refractivity contribution in [3.05, 3.63) is 54.6 Å². The molecule has 29 heavy (non-hydrogen) atoms. The number of amides is 1. The van der Waals surface area contributed by atoms with Gasteiger partial charge in [-0.25, -0.2) is 13.9 Å². The topological polar surface area (TPSA) is 86.7 Å². The van der Waals surface area contributed by atoms with Crippen LogP contribution in [0.4, 0.5) is 0 Å². The molecule has 0 radical (unpaired) electrons. The lowest BCUT2D eigenvalue weighted by atomic mass is 9.95. The molecule has 0 aliphatic carbocycles. The van der Waals surface area contributed by atoms with Gasteiger partial charge >= 0.3 is 0 Å². The molecule has 9 heteroatoms. The number of hydroxylamine groups is 1. The number of carbonyl (C=O) groups excluding carboxylic acids is 1. The van der Waals surface area contributed by atoms with Crippen molar-refractivity contribution >= 4 is 39.9 Å². The van der Waals surface area contributed by atoms with Gasteiger partial charge in [0.25, 0.3) is 5.91 Å². The number of nitrogens with one attached hydrogen (secondary N) is 1. The number of carbonyl (C=O) groups is 1. The fourth-order valence-electron chi connectivity index (χ4n) is 3.49. The van der Waals surface area contributed by atoms with Crippen molar-refractivity contribution in [2.24, 2.45) is 0 Å². The first-order valence-corrected chi connectivity index (χ1v) is 11.5. The van der Waals surface area contributed by atoms with E-state index >= 15 is 0 Å². The van der Waals surface area contributed by atoms with Crippen LogP contribution in [-0.2, 0) is 14.6 Å². The van der Waals surface area contributed by atoms with Gasteiger partial charge in [0.05, 0.1) is 4.90 Å². The fourth-order valence-corrected chi connectivity index (χ4v) is 6.28. The minimum absolute atomic E-state index is 0. The van der Waals surface area contributed by atoms with E-state index in [4.69, 9.17) is 0 Å². The van der Waals surface area contributed by atoms with Gasteiger partial charge in [-0.3, -0.25) is 10.0 Å². The molecule has 0 bridgehead atoms. The van der Waals surface area contributed by atoms with E-state index in [1.807, 2.05) is 37.3 Å². The van der Waals surface area contributed by atoms with Gasteiger partial charge in [0.1, 0.15) is 0 Å². The maximum Gasteiger partial charge on any atom is 0.265 e. The van der Waals surface area contributed by atoms with Crippen LogP contribution in [-0.4, -0.2) is 48.8 Å². The largest absolute Gasteiger partial charge is 0.303 e. The number of nitrogens with zero attached hydrogens (tertiary/aromatic N) is 1. The molecule has 2 aromatic rings. The Morgan fingerprint density at radius 1 is 1.07 bits per heavy atom. The van der Waals surface area contributed by atoms with E-state index in [0.29, 0.717) is 13.1 Å². The quantitative estimate of drug-likeness (QED) is 0.511. The minimum atomic E-state index is -3.96. The predicted molar refractivity (Wildman–Crippen MR) is 115 cm³/mol. The van der Waals surface area contributed by atoms with Crippen LogP contribution in [0.2, 0.25) is 0 Å². The highest BCUT2D eigenvalue weighted by molar-refractivity contribution is 7.99. The molecule has 1 fully saturated rings. The molecule has 1 aliphatic rings. The van der Waals surface area contributed by atoms with Gasteiger partial charge in [-0.05, 0) is 55.8 Å². The third kappa shape index (κ3) is 4.78.